The maximum atomic E-state index is 12.4. The van der Waals surface area contributed by atoms with Gasteiger partial charge in [0.1, 0.15) is 0 Å². The lowest BCUT2D eigenvalue weighted by Gasteiger charge is -2.05. The van der Waals surface area contributed by atoms with E-state index in [2.05, 4.69) is 6.58 Å². The van der Waals surface area contributed by atoms with Crippen molar-refractivity contribution in [3.63, 3.8) is 0 Å². The van der Waals surface area contributed by atoms with Crippen LogP contribution in [0.25, 0.3) is 6.08 Å². The number of hydrogen-bond donors (Lipinski definition) is 0. The van der Waals surface area contributed by atoms with E-state index in [1.54, 1.807) is 36.4 Å². The summed E-state index contributed by atoms with van der Waals surface area (Å²) in [6.07, 6.45) is 2.99. The minimum absolute atomic E-state index is 0.199. The van der Waals surface area contributed by atoms with Crippen molar-refractivity contribution in [3.05, 3.63) is 83.8 Å². The fourth-order valence-electron chi connectivity index (χ4n) is 1.70. The van der Waals surface area contributed by atoms with E-state index in [9.17, 15) is 8.42 Å². The molecule has 0 heterocycles. The highest BCUT2D eigenvalue weighted by Crippen LogP contribution is 2.21. The lowest BCUT2D eigenvalue weighted by molar-refractivity contribution is 0.603. The lowest BCUT2D eigenvalue weighted by Crippen LogP contribution is -2.02. The Morgan fingerprint density at radius 2 is 1.42 bits per heavy atom. The van der Waals surface area contributed by atoms with E-state index in [0.29, 0.717) is 0 Å². The quantitative estimate of drug-likeness (QED) is 0.794. The first-order valence-electron chi connectivity index (χ1n) is 5.84. The van der Waals surface area contributed by atoms with Gasteiger partial charge in [-0.15, -0.1) is 0 Å². The first-order chi connectivity index (χ1) is 9.14. The van der Waals surface area contributed by atoms with E-state index in [0.717, 1.165) is 5.56 Å². The van der Waals surface area contributed by atoms with Crippen molar-refractivity contribution in [1.82, 2.24) is 0 Å². The van der Waals surface area contributed by atoms with Crippen molar-refractivity contribution in [2.75, 3.05) is 0 Å². The van der Waals surface area contributed by atoms with E-state index in [4.69, 9.17) is 0 Å². The smallest absolute Gasteiger partial charge is 0.206 e. The highest BCUT2D eigenvalue weighted by atomic mass is 32.2. The van der Waals surface area contributed by atoms with Crippen LogP contribution < -0.4 is 0 Å². The van der Waals surface area contributed by atoms with E-state index < -0.39 is 9.84 Å². The minimum Gasteiger partial charge on any atom is -0.219 e. The second kappa shape index (κ2) is 5.67. The Labute approximate surface area is 113 Å². The zero-order valence-corrected chi connectivity index (χ0v) is 11.2. The highest BCUT2D eigenvalue weighted by molar-refractivity contribution is 7.95. The van der Waals surface area contributed by atoms with Crippen LogP contribution in [0.5, 0.6) is 0 Å². The topological polar surface area (TPSA) is 34.1 Å². The molecular formula is C16H14O2S. The summed E-state index contributed by atoms with van der Waals surface area (Å²) in [5.41, 5.74) is 0.830. The largest absolute Gasteiger partial charge is 0.219 e. The minimum atomic E-state index is -3.51. The zero-order valence-electron chi connectivity index (χ0n) is 10.4. The summed E-state index contributed by atoms with van der Waals surface area (Å²) in [4.78, 5) is 0.474. The van der Waals surface area contributed by atoms with Gasteiger partial charge in [-0.25, -0.2) is 8.42 Å². The highest BCUT2D eigenvalue weighted by Gasteiger charge is 2.17. The third kappa shape index (κ3) is 3.01. The van der Waals surface area contributed by atoms with Crippen molar-refractivity contribution in [2.45, 2.75) is 4.90 Å². The molecule has 2 rings (SSSR count). The Morgan fingerprint density at radius 3 is 1.95 bits per heavy atom. The van der Waals surface area contributed by atoms with E-state index >= 15 is 0 Å². The Kier molecular flexibility index (Phi) is 3.97. The van der Waals surface area contributed by atoms with Gasteiger partial charge in [-0.05, 0) is 23.8 Å². The molecule has 0 aliphatic heterocycles. The molecule has 0 aliphatic carbocycles. The van der Waals surface area contributed by atoms with Crippen LogP contribution in [0.3, 0.4) is 0 Å². The van der Waals surface area contributed by atoms with Crippen LogP contribution in [0.1, 0.15) is 5.56 Å². The molecule has 0 radical (unpaired) electrons. The van der Waals surface area contributed by atoms with Crippen LogP contribution in [-0.2, 0) is 9.84 Å². The molecule has 0 saturated heterocycles. The molecule has 0 unspecified atom stereocenters. The number of rotatable bonds is 4. The van der Waals surface area contributed by atoms with Crippen LogP contribution in [0.15, 0.2) is 83.1 Å². The molecule has 0 bridgehead atoms. The van der Waals surface area contributed by atoms with Gasteiger partial charge < -0.3 is 0 Å². The van der Waals surface area contributed by atoms with Crippen LogP contribution in [0.4, 0.5) is 0 Å². The van der Waals surface area contributed by atoms with E-state index in [1.807, 2.05) is 30.3 Å². The van der Waals surface area contributed by atoms with Crippen LogP contribution in [0, 0.1) is 0 Å². The molecule has 0 saturated carbocycles. The molecule has 0 atom stereocenters. The van der Waals surface area contributed by atoms with Gasteiger partial charge in [0.2, 0.25) is 9.84 Å². The summed E-state index contributed by atoms with van der Waals surface area (Å²) in [5, 5.41) is 0. The maximum Gasteiger partial charge on any atom is 0.206 e. The van der Waals surface area contributed by atoms with Gasteiger partial charge in [0, 0.05) is 0 Å². The maximum absolute atomic E-state index is 12.4. The van der Waals surface area contributed by atoms with Gasteiger partial charge in [0.25, 0.3) is 0 Å². The number of hydrogen-bond acceptors (Lipinski definition) is 2. The third-order valence-corrected chi connectivity index (χ3v) is 4.47. The van der Waals surface area contributed by atoms with Gasteiger partial charge in [-0.3, -0.25) is 0 Å². The number of allylic oxidation sites excluding steroid dienone is 1. The molecule has 2 aromatic carbocycles. The normalized spacial score (nSPS) is 12.1. The molecule has 0 fully saturated rings. The molecule has 0 aliphatic rings. The number of benzene rings is 2. The van der Waals surface area contributed by atoms with Crippen LogP contribution >= 0.6 is 0 Å². The van der Waals surface area contributed by atoms with Crippen molar-refractivity contribution < 1.29 is 8.42 Å². The molecule has 3 heteroatoms. The van der Waals surface area contributed by atoms with Gasteiger partial charge in [0.05, 0.1) is 9.80 Å². The fourth-order valence-corrected chi connectivity index (χ4v) is 2.99. The SMILES string of the molecule is C=C/C(=C/c1ccccc1)S(=O)(=O)c1ccccc1. The standard InChI is InChI=1S/C16H14O2S/c1-2-15(13-14-9-5-3-6-10-14)19(17,18)16-11-7-4-8-12-16/h2-13H,1H2/b15-13-. The predicted molar refractivity (Wildman–Crippen MR) is 78.2 cm³/mol. The van der Waals surface area contributed by atoms with Gasteiger partial charge >= 0.3 is 0 Å². The Morgan fingerprint density at radius 1 is 0.895 bits per heavy atom. The first kappa shape index (κ1) is 13.3. The third-order valence-electron chi connectivity index (χ3n) is 2.67. The van der Waals surface area contributed by atoms with Crippen molar-refractivity contribution in [1.29, 1.82) is 0 Å². The van der Waals surface area contributed by atoms with E-state index in [1.165, 1.54) is 6.08 Å². The summed E-state index contributed by atoms with van der Waals surface area (Å²) in [6, 6.07) is 17.7. The average Bonchev–Trinajstić information content (AvgIpc) is 2.46. The molecular weight excluding hydrogens is 256 g/mol. The summed E-state index contributed by atoms with van der Waals surface area (Å²) in [5.74, 6) is 0. The van der Waals surface area contributed by atoms with Crippen LogP contribution in [-0.4, -0.2) is 8.42 Å². The summed E-state index contributed by atoms with van der Waals surface area (Å²) >= 11 is 0. The molecule has 0 aromatic heterocycles. The molecule has 2 aromatic rings. The van der Waals surface area contributed by atoms with Gasteiger partial charge in [-0.2, -0.15) is 0 Å². The Hall–Kier alpha value is -2.13. The van der Waals surface area contributed by atoms with E-state index in [-0.39, 0.29) is 9.80 Å². The zero-order chi connectivity index (χ0) is 13.7. The van der Waals surface area contributed by atoms with Gasteiger partial charge in [0.15, 0.2) is 0 Å². The Bertz CT molecular complexity index is 684. The molecule has 0 N–H and O–H groups in total. The predicted octanol–water partition coefficient (Wildman–Crippen LogP) is 3.69. The molecule has 19 heavy (non-hydrogen) atoms. The van der Waals surface area contributed by atoms with Crippen molar-refractivity contribution >= 4 is 15.9 Å². The Balaban J connectivity index is 2.49. The monoisotopic (exact) mass is 270 g/mol. The second-order valence-corrected chi connectivity index (χ2v) is 5.93. The molecule has 0 amide bonds. The molecule has 2 nitrogen and oxygen atoms in total. The molecule has 0 spiro atoms. The van der Waals surface area contributed by atoms with Crippen LogP contribution in [0.2, 0.25) is 0 Å². The first-order valence-corrected chi connectivity index (χ1v) is 7.32. The molecule has 96 valence electrons. The summed E-state index contributed by atoms with van der Waals surface area (Å²) in [6.45, 7) is 3.60. The number of sulfone groups is 1. The fraction of sp³-hybridized carbons (Fsp3) is 0. The summed E-state index contributed by atoms with van der Waals surface area (Å²) < 4.78 is 24.9. The van der Waals surface area contributed by atoms with Crippen molar-refractivity contribution in [3.8, 4) is 0 Å². The summed E-state index contributed by atoms with van der Waals surface area (Å²) in [7, 11) is -3.51. The average molecular weight is 270 g/mol. The lowest BCUT2D eigenvalue weighted by atomic mass is 10.2. The second-order valence-electron chi connectivity index (χ2n) is 3.98. The van der Waals surface area contributed by atoms with Gasteiger partial charge in [-0.1, -0.05) is 61.2 Å². The van der Waals surface area contributed by atoms with Crippen molar-refractivity contribution in [2.24, 2.45) is 0 Å².